The molecule has 0 radical (unpaired) electrons. The molecule has 1 saturated heterocycles. The average Bonchev–Trinajstić information content (AvgIpc) is 3.20. The van der Waals surface area contributed by atoms with E-state index in [2.05, 4.69) is 15.5 Å². The zero-order chi connectivity index (χ0) is 17.8. The van der Waals surface area contributed by atoms with Crippen LogP contribution >= 0.6 is 11.3 Å². The molecule has 7 heteroatoms. The molecule has 2 heterocycles. The molecule has 0 aliphatic carbocycles. The van der Waals surface area contributed by atoms with Crippen molar-refractivity contribution in [3.05, 3.63) is 34.8 Å². The van der Waals surface area contributed by atoms with Crippen LogP contribution in [0.5, 0.6) is 0 Å². The van der Waals surface area contributed by atoms with Crippen LogP contribution < -0.4 is 10.2 Å². The fourth-order valence-electron chi connectivity index (χ4n) is 2.94. The number of nitrogens with zero attached hydrogens (tertiary/aromatic N) is 3. The highest BCUT2D eigenvalue weighted by molar-refractivity contribution is 7.15. The molecule has 1 atom stereocenters. The van der Waals surface area contributed by atoms with Crippen molar-refractivity contribution in [2.75, 3.05) is 16.8 Å². The number of para-hydroxylation sites is 1. The normalized spacial score (nSPS) is 17.1. The lowest BCUT2D eigenvalue weighted by Gasteiger charge is -2.18. The van der Waals surface area contributed by atoms with Crippen molar-refractivity contribution in [1.82, 2.24) is 10.2 Å². The molecular weight excluding hydrogens is 336 g/mol. The van der Waals surface area contributed by atoms with Gasteiger partial charge < -0.3 is 10.2 Å². The Bertz CT molecular complexity index is 774. The van der Waals surface area contributed by atoms with Crippen LogP contribution in [0, 0.1) is 6.92 Å². The van der Waals surface area contributed by atoms with Gasteiger partial charge in [0.25, 0.3) is 0 Å². The highest BCUT2D eigenvalue weighted by Gasteiger charge is 2.34. The average molecular weight is 358 g/mol. The van der Waals surface area contributed by atoms with Crippen molar-refractivity contribution < 1.29 is 9.59 Å². The van der Waals surface area contributed by atoms with Gasteiger partial charge in [-0.3, -0.25) is 9.59 Å². The second-order valence-corrected chi connectivity index (χ2v) is 7.30. The fourth-order valence-corrected chi connectivity index (χ4v) is 3.79. The monoisotopic (exact) mass is 358 g/mol. The van der Waals surface area contributed by atoms with Crippen LogP contribution in [0.15, 0.2) is 24.3 Å². The molecule has 3 rings (SSSR count). The van der Waals surface area contributed by atoms with Crippen LogP contribution in [0.25, 0.3) is 0 Å². The number of hydrogen-bond donors (Lipinski definition) is 1. The standard InChI is InChI=1S/C18H22N4O2S/c1-3-4-9-15(23)19-18-21-20-17(25-18)13-10-16(24)22(11-13)14-8-6-5-7-12(14)2/h5-8,13H,3-4,9-11H2,1-2H3,(H,19,21,23)/t13-/m1/s1. The van der Waals surface area contributed by atoms with Crippen molar-refractivity contribution in [2.24, 2.45) is 0 Å². The van der Waals surface area contributed by atoms with Crippen molar-refractivity contribution in [3.63, 3.8) is 0 Å². The van der Waals surface area contributed by atoms with Crippen LogP contribution in [-0.2, 0) is 9.59 Å². The van der Waals surface area contributed by atoms with Crippen molar-refractivity contribution >= 4 is 34.0 Å². The molecule has 0 spiro atoms. The number of aromatic nitrogens is 2. The van der Waals surface area contributed by atoms with E-state index in [1.807, 2.05) is 43.0 Å². The molecule has 6 nitrogen and oxygen atoms in total. The number of carbonyl (C=O) groups excluding carboxylic acids is 2. The predicted octanol–water partition coefficient (Wildman–Crippen LogP) is 3.50. The Morgan fingerprint density at radius 1 is 1.36 bits per heavy atom. The van der Waals surface area contributed by atoms with Crippen LogP contribution in [0.1, 0.15) is 49.1 Å². The van der Waals surface area contributed by atoms with Crippen LogP contribution in [0.2, 0.25) is 0 Å². The number of rotatable bonds is 6. The number of anilines is 2. The highest BCUT2D eigenvalue weighted by Crippen LogP contribution is 2.35. The Morgan fingerprint density at radius 3 is 2.92 bits per heavy atom. The zero-order valence-electron chi connectivity index (χ0n) is 14.5. The van der Waals surface area contributed by atoms with E-state index in [0.717, 1.165) is 29.1 Å². The smallest absolute Gasteiger partial charge is 0.227 e. The number of amides is 2. The van der Waals surface area contributed by atoms with E-state index in [0.29, 0.717) is 24.5 Å². The molecule has 0 bridgehead atoms. The molecule has 1 fully saturated rings. The van der Waals surface area contributed by atoms with Gasteiger partial charge in [0.1, 0.15) is 5.01 Å². The third-order valence-electron chi connectivity index (χ3n) is 4.32. The minimum Gasteiger partial charge on any atom is -0.311 e. The first kappa shape index (κ1) is 17.5. The van der Waals surface area contributed by atoms with E-state index in [4.69, 9.17) is 0 Å². The molecule has 1 aliphatic heterocycles. The molecule has 132 valence electrons. The Hall–Kier alpha value is -2.28. The summed E-state index contributed by atoms with van der Waals surface area (Å²) in [5.74, 6) is 0.0857. The van der Waals surface area contributed by atoms with E-state index < -0.39 is 0 Å². The summed E-state index contributed by atoms with van der Waals surface area (Å²) in [6, 6.07) is 7.88. The predicted molar refractivity (Wildman–Crippen MR) is 99.0 cm³/mol. The van der Waals surface area contributed by atoms with Crippen molar-refractivity contribution in [1.29, 1.82) is 0 Å². The first-order valence-electron chi connectivity index (χ1n) is 8.57. The number of hydrogen-bond acceptors (Lipinski definition) is 5. The van der Waals surface area contributed by atoms with Gasteiger partial charge >= 0.3 is 0 Å². The van der Waals surface area contributed by atoms with Gasteiger partial charge in [-0.25, -0.2) is 0 Å². The van der Waals surface area contributed by atoms with E-state index in [9.17, 15) is 9.59 Å². The number of unbranched alkanes of at least 4 members (excludes halogenated alkanes) is 1. The molecule has 0 unspecified atom stereocenters. The van der Waals surface area contributed by atoms with Crippen LogP contribution in [-0.4, -0.2) is 28.6 Å². The van der Waals surface area contributed by atoms with E-state index in [1.165, 1.54) is 11.3 Å². The topological polar surface area (TPSA) is 75.2 Å². The maximum absolute atomic E-state index is 12.4. The fraction of sp³-hybridized carbons (Fsp3) is 0.444. The minimum absolute atomic E-state index is 0.0194. The van der Waals surface area contributed by atoms with Gasteiger partial charge in [0.15, 0.2) is 0 Å². The summed E-state index contributed by atoms with van der Waals surface area (Å²) in [4.78, 5) is 26.0. The molecule has 2 amide bonds. The SMILES string of the molecule is CCCCC(=O)Nc1nnc([C@@H]2CC(=O)N(c3ccccc3C)C2)s1. The van der Waals surface area contributed by atoms with Crippen LogP contribution in [0.3, 0.4) is 0 Å². The van der Waals surface area contributed by atoms with Gasteiger partial charge in [-0.05, 0) is 25.0 Å². The molecule has 0 saturated carbocycles. The van der Waals surface area contributed by atoms with Gasteiger partial charge in [-0.15, -0.1) is 10.2 Å². The lowest BCUT2D eigenvalue weighted by Crippen LogP contribution is -2.25. The van der Waals surface area contributed by atoms with E-state index >= 15 is 0 Å². The molecular formula is C18H22N4O2S. The summed E-state index contributed by atoms with van der Waals surface area (Å²) in [5, 5.41) is 12.4. The zero-order valence-corrected chi connectivity index (χ0v) is 15.3. The summed E-state index contributed by atoms with van der Waals surface area (Å²) in [7, 11) is 0. The van der Waals surface area contributed by atoms with Gasteiger partial charge in [0.05, 0.1) is 0 Å². The minimum atomic E-state index is -0.0337. The highest BCUT2D eigenvalue weighted by atomic mass is 32.1. The molecule has 1 N–H and O–H groups in total. The first-order chi connectivity index (χ1) is 12.1. The van der Waals surface area contributed by atoms with Gasteiger partial charge in [0.2, 0.25) is 16.9 Å². The largest absolute Gasteiger partial charge is 0.311 e. The molecule has 25 heavy (non-hydrogen) atoms. The Morgan fingerprint density at radius 2 is 2.16 bits per heavy atom. The summed E-state index contributed by atoms with van der Waals surface area (Å²) < 4.78 is 0. The summed E-state index contributed by atoms with van der Waals surface area (Å²) in [6.07, 6.45) is 2.76. The maximum Gasteiger partial charge on any atom is 0.227 e. The maximum atomic E-state index is 12.4. The Kier molecular flexibility index (Phi) is 5.43. The summed E-state index contributed by atoms with van der Waals surface area (Å²) in [5.41, 5.74) is 2.03. The van der Waals surface area contributed by atoms with Crippen molar-refractivity contribution in [3.8, 4) is 0 Å². The molecule has 1 aromatic heterocycles. The lowest BCUT2D eigenvalue weighted by atomic mass is 10.1. The second-order valence-electron chi connectivity index (χ2n) is 6.29. The van der Waals surface area contributed by atoms with Crippen LogP contribution in [0.4, 0.5) is 10.8 Å². The molecule has 1 aromatic carbocycles. The first-order valence-corrected chi connectivity index (χ1v) is 9.39. The Labute approximate surface area is 151 Å². The third kappa shape index (κ3) is 4.04. The summed E-state index contributed by atoms with van der Waals surface area (Å²) >= 11 is 1.36. The summed E-state index contributed by atoms with van der Waals surface area (Å²) in [6.45, 7) is 4.65. The number of benzene rings is 1. The van der Waals surface area contributed by atoms with Gasteiger partial charge in [0, 0.05) is 31.0 Å². The van der Waals surface area contributed by atoms with E-state index in [1.54, 1.807) is 0 Å². The third-order valence-corrected chi connectivity index (χ3v) is 5.33. The van der Waals surface area contributed by atoms with Crippen molar-refractivity contribution in [2.45, 2.75) is 45.4 Å². The lowest BCUT2D eigenvalue weighted by molar-refractivity contribution is -0.117. The molecule has 2 aromatic rings. The van der Waals surface area contributed by atoms with Gasteiger partial charge in [-0.1, -0.05) is 42.9 Å². The number of carbonyl (C=O) groups is 2. The number of aryl methyl sites for hydroxylation is 1. The number of nitrogens with one attached hydrogen (secondary N) is 1. The van der Waals surface area contributed by atoms with Gasteiger partial charge in [-0.2, -0.15) is 0 Å². The quantitative estimate of drug-likeness (QED) is 0.857. The second kappa shape index (κ2) is 7.74. The Balaban J connectivity index is 1.67. The molecule has 1 aliphatic rings. The van der Waals surface area contributed by atoms with E-state index in [-0.39, 0.29) is 17.7 Å².